The van der Waals surface area contributed by atoms with Crippen LogP contribution in [0.3, 0.4) is 0 Å². The molecule has 0 unspecified atom stereocenters. The van der Waals surface area contributed by atoms with E-state index >= 15 is 0 Å². The number of halogens is 3. The van der Waals surface area contributed by atoms with Crippen molar-refractivity contribution in [2.75, 3.05) is 45.6 Å². The lowest BCUT2D eigenvalue weighted by atomic mass is 10.00. The molecule has 0 spiro atoms. The highest BCUT2D eigenvalue weighted by Gasteiger charge is 2.37. The molecule has 0 bridgehead atoms. The Morgan fingerprint density at radius 1 is 0.933 bits per heavy atom. The van der Waals surface area contributed by atoms with Crippen LogP contribution in [0, 0.1) is 5.82 Å². The number of nitrogens with zero attached hydrogens (tertiary/aromatic N) is 4. The highest BCUT2D eigenvalue weighted by atomic mass is 19.3. The summed E-state index contributed by atoms with van der Waals surface area (Å²) in [5, 5.41) is 13.0. The number of benzene rings is 3. The highest BCUT2D eigenvalue weighted by Crippen LogP contribution is 2.36. The van der Waals surface area contributed by atoms with Gasteiger partial charge in [-0.05, 0) is 84.9 Å². The molecular weight excluding hydrogens is 575 g/mol. The zero-order chi connectivity index (χ0) is 31.1. The van der Waals surface area contributed by atoms with Gasteiger partial charge in [0.15, 0.2) is 0 Å². The van der Waals surface area contributed by atoms with Crippen molar-refractivity contribution in [2.24, 2.45) is 0 Å². The third-order valence-electron chi connectivity index (χ3n) is 8.36. The maximum Gasteiger partial charge on any atom is 0.261 e. The predicted octanol–water partition coefficient (Wildman–Crippen LogP) is 7.39. The first-order valence-corrected chi connectivity index (χ1v) is 15.1. The first-order chi connectivity index (χ1) is 21.7. The van der Waals surface area contributed by atoms with Crippen molar-refractivity contribution < 1.29 is 13.2 Å². The molecule has 0 saturated carbocycles. The van der Waals surface area contributed by atoms with Crippen LogP contribution in [0.2, 0.25) is 0 Å². The molecule has 45 heavy (non-hydrogen) atoms. The van der Waals surface area contributed by atoms with Crippen molar-refractivity contribution in [1.82, 2.24) is 30.0 Å². The minimum atomic E-state index is -2.62. The quantitative estimate of drug-likeness (QED) is 0.159. The Balaban J connectivity index is 1.20. The van der Waals surface area contributed by atoms with E-state index < -0.39 is 5.92 Å². The zero-order valence-corrected chi connectivity index (χ0v) is 25.2. The van der Waals surface area contributed by atoms with Gasteiger partial charge in [-0.15, -0.1) is 0 Å². The van der Waals surface area contributed by atoms with Crippen molar-refractivity contribution >= 4 is 27.5 Å². The molecule has 6 aromatic rings. The fraction of sp³-hybridized carbons (Fsp3) is 0.257. The Bertz CT molecular complexity index is 1990. The largest absolute Gasteiger partial charge is 0.384 e. The maximum absolute atomic E-state index is 14.7. The number of likely N-dealkylation sites (tertiary alicyclic amines) is 1. The number of H-pyrrole nitrogens is 2. The van der Waals surface area contributed by atoms with Gasteiger partial charge in [-0.1, -0.05) is 18.2 Å². The van der Waals surface area contributed by atoms with E-state index in [-0.39, 0.29) is 18.8 Å². The Morgan fingerprint density at radius 2 is 1.82 bits per heavy atom. The SMILES string of the molecule is CN(C)CCNc1cc(F)cc(-c2cccc3[nH]c(-c4n[nH]c5ccc(-c6cncc(CN7CCC(F)(F)C7)c6)cc45)cc23)c1. The van der Waals surface area contributed by atoms with Crippen LogP contribution in [-0.4, -0.2) is 76.2 Å². The van der Waals surface area contributed by atoms with E-state index in [1.54, 1.807) is 23.4 Å². The van der Waals surface area contributed by atoms with Gasteiger partial charge in [0.05, 0.1) is 17.8 Å². The molecule has 3 N–H and O–H groups in total. The standard InChI is InChI=1S/C35H34F3N7/c1-44(2)11-9-40-27-14-24(13-26(36)16-27)28-4-3-5-31-29(28)17-33(41-31)34-30-15-23(6-7-32(30)42-43-34)25-12-22(18-39-19-25)20-45-10-8-35(37,38)21-45/h3-7,12-19,40-41H,8-11,20-21H2,1-2H3,(H,42,43). The van der Waals surface area contributed by atoms with Gasteiger partial charge in [0.1, 0.15) is 11.5 Å². The number of alkyl halides is 2. The average molecular weight is 610 g/mol. The lowest BCUT2D eigenvalue weighted by molar-refractivity contribution is 0.0115. The second-order valence-electron chi connectivity index (χ2n) is 12.1. The minimum absolute atomic E-state index is 0.104. The molecule has 10 heteroatoms. The second kappa shape index (κ2) is 11.7. The van der Waals surface area contributed by atoms with Gasteiger partial charge in [0, 0.05) is 72.5 Å². The summed E-state index contributed by atoms with van der Waals surface area (Å²) in [6.45, 7) is 2.14. The maximum atomic E-state index is 14.7. The molecule has 7 nitrogen and oxygen atoms in total. The molecular formula is C35H34F3N7. The Labute approximate surface area is 259 Å². The van der Waals surface area contributed by atoms with Crippen LogP contribution >= 0.6 is 0 Å². The molecule has 230 valence electrons. The van der Waals surface area contributed by atoms with Crippen LogP contribution in [0.15, 0.2) is 79.1 Å². The number of likely N-dealkylation sites (N-methyl/N-ethyl adjacent to an activating group) is 1. The van der Waals surface area contributed by atoms with Gasteiger partial charge in [-0.2, -0.15) is 5.10 Å². The van der Waals surface area contributed by atoms with E-state index in [9.17, 15) is 13.2 Å². The first-order valence-electron chi connectivity index (χ1n) is 15.1. The molecule has 3 aromatic carbocycles. The van der Waals surface area contributed by atoms with Gasteiger partial charge in [0.25, 0.3) is 5.92 Å². The van der Waals surface area contributed by atoms with Gasteiger partial charge < -0.3 is 15.2 Å². The minimum Gasteiger partial charge on any atom is -0.384 e. The number of aromatic nitrogens is 4. The van der Waals surface area contributed by atoms with Gasteiger partial charge >= 0.3 is 0 Å². The lowest BCUT2D eigenvalue weighted by Gasteiger charge is -2.15. The molecule has 1 aliphatic rings. The first kappa shape index (κ1) is 29.1. The van der Waals surface area contributed by atoms with Crippen molar-refractivity contribution in [3.05, 3.63) is 90.5 Å². The van der Waals surface area contributed by atoms with Gasteiger partial charge in [0.2, 0.25) is 0 Å². The summed E-state index contributed by atoms with van der Waals surface area (Å²) in [4.78, 5) is 11.8. The van der Waals surface area contributed by atoms with Crippen LogP contribution in [0.1, 0.15) is 12.0 Å². The van der Waals surface area contributed by atoms with E-state index in [0.717, 1.165) is 73.2 Å². The Hall–Kier alpha value is -4.67. The Morgan fingerprint density at radius 3 is 2.64 bits per heavy atom. The van der Waals surface area contributed by atoms with Gasteiger partial charge in [-0.3, -0.25) is 15.0 Å². The van der Waals surface area contributed by atoms with Gasteiger partial charge in [-0.25, -0.2) is 13.2 Å². The second-order valence-corrected chi connectivity index (χ2v) is 12.1. The van der Waals surface area contributed by atoms with E-state index in [4.69, 9.17) is 0 Å². The number of aromatic amines is 2. The normalized spacial score (nSPS) is 15.1. The molecule has 1 fully saturated rings. The van der Waals surface area contributed by atoms with Crippen molar-refractivity contribution in [2.45, 2.75) is 18.9 Å². The van der Waals surface area contributed by atoms with E-state index in [1.807, 2.05) is 56.6 Å². The highest BCUT2D eigenvalue weighted by molar-refractivity contribution is 6.02. The van der Waals surface area contributed by atoms with Crippen LogP contribution in [0.25, 0.3) is 55.4 Å². The monoisotopic (exact) mass is 609 g/mol. The molecule has 1 saturated heterocycles. The fourth-order valence-corrected chi connectivity index (χ4v) is 6.14. The molecule has 0 atom stereocenters. The topological polar surface area (TPSA) is 75.9 Å². The average Bonchev–Trinajstić information content (AvgIpc) is 3.72. The summed E-state index contributed by atoms with van der Waals surface area (Å²) >= 11 is 0. The van der Waals surface area contributed by atoms with Crippen molar-refractivity contribution in [3.8, 4) is 33.6 Å². The smallest absolute Gasteiger partial charge is 0.261 e. The number of hydrogen-bond acceptors (Lipinski definition) is 5. The predicted molar refractivity (Wildman–Crippen MR) is 174 cm³/mol. The lowest BCUT2D eigenvalue weighted by Crippen LogP contribution is -2.24. The zero-order valence-electron chi connectivity index (χ0n) is 25.2. The molecule has 4 heterocycles. The molecule has 1 aliphatic heterocycles. The molecule has 3 aromatic heterocycles. The van der Waals surface area contributed by atoms with E-state index in [1.165, 1.54) is 6.07 Å². The summed E-state index contributed by atoms with van der Waals surface area (Å²) in [6, 6.07) is 21.2. The van der Waals surface area contributed by atoms with Crippen LogP contribution < -0.4 is 5.32 Å². The third kappa shape index (κ3) is 6.16. The van der Waals surface area contributed by atoms with Crippen molar-refractivity contribution in [1.29, 1.82) is 0 Å². The van der Waals surface area contributed by atoms with Crippen molar-refractivity contribution in [3.63, 3.8) is 0 Å². The number of rotatable bonds is 9. The molecule has 0 aliphatic carbocycles. The summed E-state index contributed by atoms with van der Waals surface area (Å²) in [5.41, 5.74) is 8.62. The van der Waals surface area contributed by atoms with Crippen LogP contribution in [0.5, 0.6) is 0 Å². The fourth-order valence-electron chi connectivity index (χ4n) is 6.14. The number of nitrogens with one attached hydrogen (secondary N) is 3. The van der Waals surface area contributed by atoms with Crippen LogP contribution in [0.4, 0.5) is 18.9 Å². The Kier molecular flexibility index (Phi) is 7.55. The van der Waals surface area contributed by atoms with E-state index in [0.29, 0.717) is 19.6 Å². The summed E-state index contributed by atoms with van der Waals surface area (Å²) in [5.74, 6) is -2.92. The van der Waals surface area contributed by atoms with E-state index in [2.05, 4.69) is 42.5 Å². The number of fused-ring (bicyclic) bond motifs is 2. The summed E-state index contributed by atoms with van der Waals surface area (Å²) in [6.07, 6.45) is 3.43. The molecule has 0 amide bonds. The number of anilines is 1. The molecule has 7 rings (SSSR count). The number of pyridine rings is 1. The number of hydrogen-bond donors (Lipinski definition) is 3. The summed E-state index contributed by atoms with van der Waals surface area (Å²) in [7, 11) is 4.01. The third-order valence-corrected chi connectivity index (χ3v) is 8.36. The van der Waals surface area contributed by atoms with Crippen LogP contribution in [-0.2, 0) is 6.54 Å². The molecule has 0 radical (unpaired) electrons. The summed E-state index contributed by atoms with van der Waals surface area (Å²) < 4.78 is 42.2.